The zero-order valence-electron chi connectivity index (χ0n) is 5.84. The number of nitrogens with one attached hydrogen (secondary N) is 1. The van der Waals surface area contributed by atoms with Gasteiger partial charge in [0.2, 0.25) is 0 Å². The number of carbonyl (C=O) groups is 2. The second-order valence-corrected chi connectivity index (χ2v) is 1.42. The van der Waals surface area contributed by atoms with E-state index < -0.39 is 12.1 Å². The lowest BCUT2D eigenvalue weighted by Crippen LogP contribution is -2.29. The lowest BCUT2D eigenvalue weighted by Gasteiger charge is -2.00. The maximum atomic E-state index is 10.3. The van der Waals surface area contributed by atoms with Gasteiger partial charge in [0.25, 0.3) is 0 Å². The predicted molar refractivity (Wildman–Crippen MR) is 32.4 cm³/mol. The van der Waals surface area contributed by atoms with Gasteiger partial charge < -0.3 is 14.8 Å². The Labute approximate surface area is 58.3 Å². The van der Waals surface area contributed by atoms with Crippen LogP contribution in [0.4, 0.5) is 4.79 Å². The van der Waals surface area contributed by atoms with E-state index in [1.165, 1.54) is 14.2 Å². The molecule has 0 aromatic heterocycles. The summed E-state index contributed by atoms with van der Waals surface area (Å²) in [6.07, 6.45) is -0.648. The molecule has 10 heavy (non-hydrogen) atoms. The summed E-state index contributed by atoms with van der Waals surface area (Å²) in [5.41, 5.74) is 0. The van der Waals surface area contributed by atoms with Gasteiger partial charge in [-0.3, -0.25) is 4.79 Å². The fourth-order valence-electron chi connectivity index (χ4n) is 0.289. The molecule has 5 heteroatoms. The molecule has 0 aromatic carbocycles. The fraction of sp³-hybridized carbons (Fsp3) is 0.600. The zero-order chi connectivity index (χ0) is 7.98. The minimum Gasteiger partial charge on any atom is -0.468 e. The van der Waals surface area contributed by atoms with Crippen LogP contribution >= 0.6 is 0 Å². The van der Waals surface area contributed by atoms with Crippen LogP contribution in [0.25, 0.3) is 0 Å². The van der Waals surface area contributed by atoms with Crippen LogP contribution in [0, 0.1) is 0 Å². The largest absolute Gasteiger partial charge is 0.468 e. The van der Waals surface area contributed by atoms with E-state index in [0.717, 1.165) is 0 Å². The summed E-state index contributed by atoms with van der Waals surface area (Å²) in [6.45, 7) is -0.164. The maximum Gasteiger partial charge on any atom is 0.407 e. The van der Waals surface area contributed by atoms with Crippen LogP contribution in [0.1, 0.15) is 0 Å². The molecule has 0 heterocycles. The highest BCUT2D eigenvalue weighted by Gasteiger charge is 2.02. The van der Waals surface area contributed by atoms with E-state index in [1.807, 2.05) is 0 Å². The highest BCUT2D eigenvalue weighted by Crippen LogP contribution is 1.72. The second-order valence-electron chi connectivity index (χ2n) is 1.42. The van der Waals surface area contributed by atoms with Gasteiger partial charge in [-0.05, 0) is 0 Å². The van der Waals surface area contributed by atoms with Crippen molar-refractivity contribution in [2.75, 3.05) is 20.8 Å². The number of ether oxygens (including phenoxy) is 2. The zero-order valence-corrected chi connectivity index (χ0v) is 5.84. The molecule has 0 aliphatic carbocycles. The van der Waals surface area contributed by atoms with Crippen molar-refractivity contribution in [1.29, 1.82) is 0 Å². The first-order chi connectivity index (χ1) is 4.70. The number of alkyl carbamates (subject to hydrolysis) is 1. The van der Waals surface area contributed by atoms with Gasteiger partial charge in [-0.25, -0.2) is 4.79 Å². The number of hydrogen-bond acceptors (Lipinski definition) is 4. The molecule has 0 bridgehead atoms. The molecule has 0 fully saturated rings. The van der Waals surface area contributed by atoms with E-state index in [2.05, 4.69) is 14.8 Å². The Hall–Kier alpha value is -1.26. The number of amides is 1. The summed E-state index contributed by atoms with van der Waals surface area (Å²) in [6, 6.07) is 0. The third kappa shape index (κ3) is 3.71. The third-order valence-electron chi connectivity index (χ3n) is 0.790. The first-order valence-electron chi connectivity index (χ1n) is 2.59. The highest BCUT2D eigenvalue weighted by molar-refractivity contribution is 5.77. The van der Waals surface area contributed by atoms with Gasteiger partial charge in [-0.1, -0.05) is 0 Å². The van der Waals surface area contributed by atoms with Gasteiger partial charge >= 0.3 is 12.1 Å². The normalized spacial score (nSPS) is 8.20. The van der Waals surface area contributed by atoms with E-state index in [9.17, 15) is 9.59 Å². The highest BCUT2D eigenvalue weighted by atomic mass is 16.5. The first-order valence-corrected chi connectivity index (χ1v) is 2.59. The van der Waals surface area contributed by atoms with Crippen molar-refractivity contribution < 1.29 is 19.1 Å². The first kappa shape index (κ1) is 8.74. The van der Waals surface area contributed by atoms with Gasteiger partial charge in [-0.2, -0.15) is 0 Å². The van der Waals surface area contributed by atoms with Gasteiger partial charge in [-0.15, -0.1) is 0 Å². The fourth-order valence-corrected chi connectivity index (χ4v) is 0.289. The molecular weight excluding hydrogens is 138 g/mol. The van der Waals surface area contributed by atoms with Crippen LogP contribution in [-0.4, -0.2) is 32.8 Å². The Morgan fingerprint density at radius 2 is 1.90 bits per heavy atom. The molecule has 1 N–H and O–H groups in total. The third-order valence-corrected chi connectivity index (χ3v) is 0.790. The van der Waals surface area contributed by atoms with E-state index in [0.29, 0.717) is 0 Å². The molecule has 1 amide bonds. The molecule has 0 unspecified atom stereocenters. The standard InChI is InChI=1S/C5H9NO4/c1-9-4(7)3-6-5(8)10-2/h3H2,1-2H3,(H,6,8). The van der Waals surface area contributed by atoms with E-state index >= 15 is 0 Å². The van der Waals surface area contributed by atoms with Crippen LogP contribution in [-0.2, 0) is 14.3 Å². The molecule has 5 nitrogen and oxygen atoms in total. The quantitative estimate of drug-likeness (QED) is 0.535. The van der Waals surface area contributed by atoms with Crippen LogP contribution < -0.4 is 5.32 Å². The molecule has 0 saturated heterocycles. The number of carbonyl (C=O) groups excluding carboxylic acids is 2. The molecule has 58 valence electrons. The second kappa shape index (κ2) is 4.60. The molecule has 0 saturated carbocycles. The van der Waals surface area contributed by atoms with Crippen LogP contribution in [0.15, 0.2) is 0 Å². The SMILES string of the molecule is COC(=O)CNC(=O)OC. The topological polar surface area (TPSA) is 64.6 Å². The van der Waals surface area contributed by atoms with E-state index in [1.54, 1.807) is 0 Å². The maximum absolute atomic E-state index is 10.3. The van der Waals surface area contributed by atoms with E-state index in [-0.39, 0.29) is 6.54 Å². The average molecular weight is 147 g/mol. The minimum absolute atomic E-state index is 0.164. The molecule has 0 aromatic rings. The Morgan fingerprint density at radius 1 is 1.30 bits per heavy atom. The molecule has 0 rings (SSSR count). The van der Waals surface area contributed by atoms with Crippen LogP contribution in [0.2, 0.25) is 0 Å². The summed E-state index contributed by atoms with van der Waals surface area (Å²) in [4.78, 5) is 20.6. The summed E-state index contributed by atoms with van der Waals surface area (Å²) >= 11 is 0. The van der Waals surface area contributed by atoms with Crippen LogP contribution in [0.5, 0.6) is 0 Å². The molecule has 0 spiro atoms. The Kier molecular flexibility index (Phi) is 4.02. The molecule has 0 aliphatic heterocycles. The van der Waals surface area contributed by atoms with Crippen molar-refractivity contribution in [3.05, 3.63) is 0 Å². The Bertz CT molecular complexity index is 118. The van der Waals surface area contributed by atoms with Crippen molar-refractivity contribution in [2.24, 2.45) is 0 Å². The van der Waals surface area contributed by atoms with Gasteiger partial charge in [0, 0.05) is 0 Å². The lowest BCUT2D eigenvalue weighted by atomic mass is 10.6. The number of rotatable bonds is 2. The van der Waals surface area contributed by atoms with Gasteiger partial charge in [0.05, 0.1) is 14.2 Å². The lowest BCUT2D eigenvalue weighted by molar-refractivity contribution is -0.139. The number of hydrogen-bond donors (Lipinski definition) is 1. The number of esters is 1. The van der Waals surface area contributed by atoms with Crippen molar-refractivity contribution in [3.63, 3.8) is 0 Å². The minimum atomic E-state index is -0.648. The summed E-state index contributed by atoms with van der Waals surface area (Å²) in [5.74, 6) is -0.509. The molecular formula is C5H9NO4. The molecule has 0 radical (unpaired) electrons. The smallest absolute Gasteiger partial charge is 0.407 e. The Balaban J connectivity index is 3.35. The predicted octanol–water partition coefficient (Wildman–Crippen LogP) is -0.485. The van der Waals surface area contributed by atoms with Crippen molar-refractivity contribution in [1.82, 2.24) is 5.32 Å². The van der Waals surface area contributed by atoms with Crippen molar-refractivity contribution >= 4 is 12.1 Å². The van der Waals surface area contributed by atoms with Gasteiger partial charge in [0.15, 0.2) is 0 Å². The molecule has 0 atom stereocenters. The van der Waals surface area contributed by atoms with E-state index in [4.69, 9.17) is 0 Å². The summed E-state index contributed by atoms with van der Waals surface area (Å²) < 4.78 is 8.42. The van der Waals surface area contributed by atoms with Crippen molar-refractivity contribution in [2.45, 2.75) is 0 Å². The average Bonchev–Trinajstić information content (AvgIpc) is 1.99. The van der Waals surface area contributed by atoms with Crippen molar-refractivity contribution in [3.8, 4) is 0 Å². The van der Waals surface area contributed by atoms with Gasteiger partial charge in [0.1, 0.15) is 6.54 Å². The summed E-state index contributed by atoms with van der Waals surface area (Å²) in [5, 5.41) is 2.15. The number of methoxy groups -OCH3 is 2. The Morgan fingerprint density at radius 3 is 2.30 bits per heavy atom. The molecule has 0 aliphatic rings. The summed E-state index contributed by atoms with van der Waals surface area (Å²) in [7, 11) is 2.45. The monoisotopic (exact) mass is 147 g/mol. The van der Waals surface area contributed by atoms with Crippen LogP contribution in [0.3, 0.4) is 0 Å².